The fourth-order valence-electron chi connectivity index (χ4n) is 3.51. The molecule has 0 radical (unpaired) electrons. The summed E-state index contributed by atoms with van der Waals surface area (Å²) in [6.45, 7) is 1.04. The highest BCUT2D eigenvalue weighted by Crippen LogP contribution is 2.19. The Labute approximate surface area is 188 Å². The number of hydrogen-bond acceptors (Lipinski definition) is 4. The molecule has 2 heterocycles. The molecular weight excluding hydrogens is 396 g/mol. The first-order chi connectivity index (χ1) is 15.8. The minimum Gasteiger partial charge on any atom is -0.354 e. The molecule has 0 aliphatic heterocycles. The molecule has 0 saturated heterocycles. The van der Waals surface area contributed by atoms with Crippen molar-refractivity contribution in [3.8, 4) is 11.1 Å². The molecule has 1 atom stereocenters. The van der Waals surface area contributed by atoms with Crippen molar-refractivity contribution in [3.63, 3.8) is 0 Å². The molecule has 2 N–H and O–H groups in total. The third-order valence-corrected chi connectivity index (χ3v) is 5.23. The Kier molecular flexibility index (Phi) is 7.34. The van der Waals surface area contributed by atoms with E-state index < -0.39 is 6.04 Å². The van der Waals surface area contributed by atoms with Crippen LogP contribution in [0.1, 0.15) is 23.0 Å². The van der Waals surface area contributed by atoms with Crippen LogP contribution >= 0.6 is 0 Å². The second-order valence-electron chi connectivity index (χ2n) is 7.49. The van der Waals surface area contributed by atoms with Gasteiger partial charge < -0.3 is 5.32 Å². The van der Waals surface area contributed by atoms with Crippen molar-refractivity contribution in [2.45, 2.75) is 19.0 Å². The molecule has 32 heavy (non-hydrogen) atoms. The summed E-state index contributed by atoms with van der Waals surface area (Å²) >= 11 is 0. The monoisotopic (exact) mass is 422 g/mol. The van der Waals surface area contributed by atoms with E-state index in [1.54, 1.807) is 12.4 Å². The quantitative estimate of drug-likeness (QED) is 0.421. The fourth-order valence-corrected chi connectivity index (χ4v) is 3.51. The van der Waals surface area contributed by atoms with E-state index in [1.807, 2.05) is 54.6 Å². The molecule has 5 heteroatoms. The first kappa shape index (κ1) is 21.4. The van der Waals surface area contributed by atoms with Crippen LogP contribution in [-0.2, 0) is 17.8 Å². The number of carbonyl (C=O) groups is 1. The first-order valence-corrected chi connectivity index (χ1v) is 10.8. The average molecular weight is 423 g/mol. The summed E-state index contributed by atoms with van der Waals surface area (Å²) in [6, 6.07) is 29.6. The van der Waals surface area contributed by atoms with Crippen molar-refractivity contribution >= 4 is 5.91 Å². The summed E-state index contributed by atoms with van der Waals surface area (Å²) in [5, 5.41) is 6.34. The van der Waals surface area contributed by atoms with Crippen LogP contribution in [0, 0.1) is 0 Å². The van der Waals surface area contributed by atoms with E-state index >= 15 is 0 Å². The Balaban J connectivity index is 1.34. The maximum Gasteiger partial charge on any atom is 0.243 e. The third-order valence-electron chi connectivity index (χ3n) is 5.23. The van der Waals surface area contributed by atoms with Gasteiger partial charge in [-0.3, -0.25) is 20.1 Å². The first-order valence-electron chi connectivity index (χ1n) is 10.8. The highest BCUT2D eigenvalue weighted by atomic mass is 16.2. The smallest absolute Gasteiger partial charge is 0.243 e. The van der Waals surface area contributed by atoms with Crippen LogP contribution in [0.25, 0.3) is 11.1 Å². The van der Waals surface area contributed by atoms with Crippen LogP contribution in [0.15, 0.2) is 103 Å². The number of carbonyl (C=O) groups excluding carboxylic acids is 1. The number of hydrogen-bond donors (Lipinski definition) is 2. The lowest BCUT2D eigenvalue weighted by atomic mass is 10.0. The number of nitrogens with one attached hydrogen (secondary N) is 2. The van der Waals surface area contributed by atoms with Gasteiger partial charge in [-0.05, 0) is 47.4 Å². The van der Waals surface area contributed by atoms with Crippen molar-refractivity contribution in [2.24, 2.45) is 0 Å². The van der Waals surface area contributed by atoms with Gasteiger partial charge in [0.1, 0.15) is 6.04 Å². The van der Waals surface area contributed by atoms with Gasteiger partial charge in [-0.15, -0.1) is 0 Å². The average Bonchev–Trinajstić information content (AvgIpc) is 2.86. The van der Waals surface area contributed by atoms with E-state index in [0.29, 0.717) is 18.8 Å². The van der Waals surface area contributed by atoms with Crippen LogP contribution in [-0.4, -0.2) is 22.4 Å². The normalized spacial score (nSPS) is 11.6. The molecule has 4 rings (SSSR count). The van der Waals surface area contributed by atoms with Gasteiger partial charge in [0.15, 0.2) is 0 Å². The number of pyridine rings is 2. The largest absolute Gasteiger partial charge is 0.354 e. The Morgan fingerprint density at radius 1 is 0.750 bits per heavy atom. The van der Waals surface area contributed by atoms with E-state index in [9.17, 15) is 4.79 Å². The molecule has 5 nitrogen and oxygen atoms in total. The summed E-state index contributed by atoms with van der Waals surface area (Å²) in [5.74, 6) is -0.0967. The zero-order valence-corrected chi connectivity index (χ0v) is 17.8. The Morgan fingerprint density at radius 2 is 1.44 bits per heavy atom. The second-order valence-corrected chi connectivity index (χ2v) is 7.49. The molecule has 4 aromatic rings. The summed E-state index contributed by atoms with van der Waals surface area (Å²) < 4.78 is 0. The molecular formula is C27H26N4O. The molecule has 0 saturated carbocycles. The molecule has 1 amide bonds. The molecule has 2 aromatic carbocycles. The molecule has 160 valence electrons. The lowest BCUT2D eigenvalue weighted by Crippen LogP contribution is -2.38. The van der Waals surface area contributed by atoms with Crippen LogP contribution < -0.4 is 10.6 Å². The molecule has 0 spiro atoms. The summed E-state index contributed by atoms with van der Waals surface area (Å²) in [7, 11) is 0. The van der Waals surface area contributed by atoms with E-state index in [0.717, 1.165) is 12.1 Å². The van der Waals surface area contributed by atoms with Gasteiger partial charge >= 0.3 is 0 Å². The van der Waals surface area contributed by atoms with Gasteiger partial charge in [-0.1, -0.05) is 66.7 Å². The van der Waals surface area contributed by atoms with E-state index in [-0.39, 0.29) is 5.91 Å². The van der Waals surface area contributed by atoms with Crippen molar-refractivity contribution < 1.29 is 4.79 Å². The maximum absolute atomic E-state index is 13.0. The Hall–Kier alpha value is -3.83. The highest BCUT2D eigenvalue weighted by Gasteiger charge is 2.21. The zero-order valence-electron chi connectivity index (χ0n) is 17.8. The molecule has 2 aromatic heterocycles. The molecule has 0 bridgehead atoms. The van der Waals surface area contributed by atoms with E-state index in [1.165, 1.54) is 16.7 Å². The van der Waals surface area contributed by atoms with Crippen molar-refractivity contribution in [3.05, 3.63) is 120 Å². The van der Waals surface area contributed by atoms with E-state index in [2.05, 4.69) is 57.0 Å². The van der Waals surface area contributed by atoms with Crippen molar-refractivity contribution in [2.75, 3.05) is 6.54 Å². The molecule has 1 unspecified atom stereocenters. The predicted octanol–water partition coefficient (Wildman–Crippen LogP) is 4.33. The molecule has 0 aliphatic carbocycles. The lowest BCUT2D eigenvalue weighted by Gasteiger charge is -2.18. The second kappa shape index (κ2) is 11.0. The number of rotatable bonds is 9. The van der Waals surface area contributed by atoms with Crippen molar-refractivity contribution in [1.29, 1.82) is 0 Å². The van der Waals surface area contributed by atoms with Gasteiger partial charge in [0, 0.05) is 25.5 Å². The van der Waals surface area contributed by atoms with Crippen LogP contribution in [0.2, 0.25) is 0 Å². The third kappa shape index (κ3) is 5.86. The fraction of sp³-hybridized carbons (Fsp3) is 0.148. The lowest BCUT2D eigenvalue weighted by molar-refractivity contribution is -0.123. The molecule has 0 aliphatic rings. The van der Waals surface area contributed by atoms with Crippen LogP contribution in [0.4, 0.5) is 0 Å². The number of nitrogens with zero attached hydrogens (tertiary/aromatic N) is 2. The standard InChI is InChI=1S/C27H26N4O/c32-27(26(25-11-5-7-18-29-25)31-20-24-10-4-6-17-28-24)30-19-16-21-12-14-23(15-13-21)22-8-2-1-3-9-22/h1-15,17-18,26,31H,16,19-20H2,(H,30,32). The van der Waals surface area contributed by atoms with Gasteiger partial charge in [-0.25, -0.2) is 0 Å². The summed E-state index contributed by atoms with van der Waals surface area (Å²) in [6.07, 6.45) is 4.21. The SMILES string of the molecule is O=C(NCCc1ccc(-c2ccccc2)cc1)C(NCc1ccccn1)c1ccccn1. The van der Waals surface area contributed by atoms with Crippen LogP contribution in [0.3, 0.4) is 0 Å². The van der Waals surface area contributed by atoms with Gasteiger partial charge in [-0.2, -0.15) is 0 Å². The number of aromatic nitrogens is 2. The predicted molar refractivity (Wildman–Crippen MR) is 127 cm³/mol. The molecule has 0 fully saturated rings. The number of benzene rings is 2. The Bertz CT molecular complexity index is 1100. The van der Waals surface area contributed by atoms with Gasteiger partial charge in [0.25, 0.3) is 0 Å². The van der Waals surface area contributed by atoms with E-state index in [4.69, 9.17) is 0 Å². The zero-order chi connectivity index (χ0) is 22.0. The van der Waals surface area contributed by atoms with Crippen molar-refractivity contribution in [1.82, 2.24) is 20.6 Å². The topological polar surface area (TPSA) is 66.9 Å². The minimum absolute atomic E-state index is 0.0967. The minimum atomic E-state index is -0.543. The van der Waals surface area contributed by atoms with Gasteiger partial charge in [0.2, 0.25) is 5.91 Å². The summed E-state index contributed by atoms with van der Waals surface area (Å²) in [5.41, 5.74) is 5.13. The maximum atomic E-state index is 13.0. The van der Waals surface area contributed by atoms with Crippen LogP contribution in [0.5, 0.6) is 0 Å². The highest BCUT2D eigenvalue weighted by molar-refractivity contribution is 5.82. The summed E-state index contributed by atoms with van der Waals surface area (Å²) in [4.78, 5) is 21.7. The number of amides is 1. The Morgan fingerprint density at radius 3 is 2.12 bits per heavy atom. The van der Waals surface area contributed by atoms with Gasteiger partial charge in [0.05, 0.1) is 11.4 Å².